The number of hydrogen-bond acceptors (Lipinski definition) is 3. The molecule has 0 atom stereocenters. The summed E-state index contributed by atoms with van der Waals surface area (Å²) in [6.07, 6.45) is 0. The van der Waals surface area contributed by atoms with Gasteiger partial charge in [0.2, 0.25) is 0 Å². The number of piperazine rings is 1. The summed E-state index contributed by atoms with van der Waals surface area (Å²) in [5, 5.41) is 2.83. The SMILES string of the molecule is CCN1CCN(Cc2ccc(C(=O)Nc3ccccc3)cc2)C(=O)C1=O. The van der Waals surface area contributed by atoms with Gasteiger partial charge in [-0.3, -0.25) is 14.4 Å². The molecule has 2 aromatic carbocycles. The van der Waals surface area contributed by atoms with E-state index in [0.717, 1.165) is 11.3 Å². The molecule has 1 heterocycles. The van der Waals surface area contributed by atoms with Gasteiger partial charge in [0, 0.05) is 37.4 Å². The van der Waals surface area contributed by atoms with Gasteiger partial charge >= 0.3 is 11.8 Å². The quantitative estimate of drug-likeness (QED) is 0.839. The molecular weight excluding hydrogens is 330 g/mol. The number of rotatable bonds is 5. The number of amides is 3. The maximum atomic E-state index is 12.3. The first-order valence-electron chi connectivity index (χ1n) is 8.62. The van der Waals surface area contributed by atoms with Crippen LogP contribution in [0.15, 0.2) is 54.6 Å². The van der Waals surface area contributed by atoms with Crippen LogP contribution in [0.3, 0.4) is 0 Å². The predicted octanol–water partition coefficient (Wildman–Crippen LogP) is 2.13. The second-order valence-electron chi connectivity index (χ2n) is 6.13. The van der Waals surface area contributed by atoms with E-state index in [1.807, 2.05) is 49.4 Å². The predicted molar refractivity (Wildman–Crippen MR) is 98.5 cm³/mol. The number of nitrogens with zero attached hydrogens (tertiary/aromatic N) is 2. The second kappa shape index (κ2) is 7.82. The number of anilines is 1. The molecule has 1 saturated heterocycles. The summed E-state index contributed by atoms with van der Waals surface area (Å²) in [5.74, 6) is -1.10. The Hall–Kier alpha value is -3.15. The number of para-hydroxylation sites is 1. The van der Waals surface area contributed by atoms with Gasteiger partial charge in [0.25, 0.3) is 5.91 Å². The van der Waals surface area contributed by atoms with Gasteiger partial charge in [-0.1, -0.05) is 30.3 Å². The third-order valence-corrected chi connectivity index (χ3v) is 4.40. The monoisotopic (exact) mass is 351 g/mol. The van der Waals surface area contributed by atoms with E-state index in [1.54, 1.807) is 21.9 Å². The van der Waals surface area contributed by atoms with Gasteiger partial charge in [-0.2, -0.15) is 0 Å². The Balaban J connectivity index is 1.62. The van der Waals surface area contributed by atoms with Crippen molar-refractivity contribution in [2.75, 3.05) is 25.0 Å². The van der Waals surface area contributed by atoms with Gasteiger partial charge < -0.3 is 15.1 Å². The van der Waals surface area contributed by atoms with Crippen molar-refractivity contribution in [3.8, 4) is 0 Å². The maximum absolute atomic E-state index is 12.3. The molecule has 1 aliphatic heterocycles. The van der Waals surface area contributed by atoms with E-state index >= 15 is 0 Å². The van der Waals surface area contributed by atoms with Crippen LogP contribution in [0.1, 0.15) is 22.8 Å². The van der Waals surface area contributed by atoms with E-state index in [1.165, 1.54) is 0 Å². The zero-order valence-corrected chi connectivity index (χ0v) is 14.6. The van der Waals surface area contributed by atoms with Gasteiger partial charge in [-0.15, -0.1) is 0 Å². The van der Waals surface area contributed by atoms with Crippen LogP contribution < -0.4 is 5.32 Å². The Labute approximate surface area is 152 Å². The number of carbonyl (C=O) groups is 3. The Bertz CT molecular complexity index is 803. The highest BCUT2D eigenvalue weighted by atomic mass is 16.2. The van der Waals surface area contributed by atoms with Crippen LogP contribution in [0.25, 0.3) is 0 Å². The molecule has 0 radical (unpaired) electrons. The third kappa shape index (κ3) is 3.91. The molecule has 1 aliphatic rings. The lowest BCUT2D eigenvalue weighted by Gasteiger charge is -2.33. The van der Waals surface area contributed by atoms with Crippen molar-refractivity contribution in [1.82, 2.24) is 9.80 Å². The lowest BCUT2D eigenvalue weighted by Crippen LogP contribution is -2.53. The number of benzene rings is 2. The third-order valence-electron chi connectivity index (χ3n) is 4.40. The molecule has 6 heteroatoms. The summed E-state index contributed by atoms with van der Waals surface area (Å²) in [6.45, 7) is 3.85. The Kier molecular flexibility index (Phi) is 5.31. The number of likely N-dealkylation sites (N-methyl/N-ethyl adjacent to an activating group) is 1. The Morgan fingerprint density at radius 1 is 0.923 bits per heavy atom. The largest absolute Gasteiger partial charge is 0.333 e. The second-order valence-corrected chi connectivity index (χ2v) is 6.13. The van der Waals surface area contributed by atoms with Crippen molar-refractivity contribution in [2.24, 2.45) is 0 Å². The minimum absolute atomic E-state index is 0.189. The van der Waals surface area contributed by atoms with E-state index in [9.17, 15) is 14.4 Å². The van der Waals surface area contributed by atoms with Crippen LogP contribution in [-0.2, 0) is 16.1 Å². The fraction of sp³-hybridized carbons (Fsp3) is 0.250. The normalized spacial score (nSPS) is 14.5. The van der Waals surface area contributed by atoms with Crippen LogP contribution in [-0.4, -0.2) is 47.2 Å². The maximum Gasteiger partial charge on any atom is 0.312 e. The first-order chi connectivity index (χ1) is 12.6. The molecule has 3 rings (SSSR count). The van der Waals surface area contributed by atoms with Crippen molar-refractivity contribution in [2.45, 2.75) is 13.5 Å². The Morgan fingerprint density at radius 2 is 1.54 bits per heavy atom. The van der Waals surface area contributed by atoms with Crippen molar-refractivity contribution >= 4 is 23.4 Å². The Morgan fingerprint density at radius 3 is 2.19 bits per heavy atom. The summed E-state index contributed by atoms with van der Waals surface area (Å²) in [4.78, 5) is 39.5. The van der Waals surface area contributed by atoms with Crippen molar-refractivity contribution < 1.29 is 14.4 Å². The molecule has 2 aromatic rings. The number of hydrogen-bond donors (Lipinski definition) is 1. The average molecular weight is 351 g/mol. The van der Waals surface area contributed by atoms with Gasteiger partial charge in [0.1, 0.15) is 0 Å². The van der Waals surface area contributed by atoms with Gasteiger partial charge in [0.15, 0.2) is 0 Å². The van der Waals surface area contributed by atoms with Crippen LogP contribution in [0.2, 0.25) is 0 Å². The van der Waals surface area contributed by atoms with Crippen LogP contribution in [0.4, 0.5) is 5.69 Å². The van der Waals surface area contributed by atoms with Crippen molar-refractivity contribution in [1.29, 1.82) is 0 Å². The summed E-state index contributed by atoms with van der Waals surface area (Å²) >= 11 is 0. The van der Waals surface area contributed by atoms with E-state index in [-0.39, 0.29) is 5.91 Å². The van der Waals surface area contributed by atoms with Gasteiger partial charge in [-0.25, -0.2) is 0 Å². The van der Waals surface area contributed by atoms with Crippen LogP contribution in [0.5, 0.6) is 0 Å². The molecule has 1 N–H and O–H groups in total. The van der Waals surface area contributed by atoms with Gasteiger partial charge in [0.05, 0.1) is 0 Å². The van der Waals surface area contributed by atoms with Crippen LogP contribution in [0, 0.1) is 0 Å². The molecule has 3 amide bonds. The lowest BCUT2D eigenvalue weighted by atomic mass is 10.1. The minimum Gasteiger partial charge on any atom is -0.333 e. The molecule has 0 aromatic heterocycles. The minimum atomic E-state index is -0.469. The fourth-order valence-corrected chi connectivity index (χ4v) is 2.87. The van der Waals surface area contributed by atoms with E-state index in [0.29, 0.717) is 31.7 Å². The highest BCUT2D eigenvalue weighted by molar-refractivity contribution is 6.35. The molecule has 6 nitrogen and oxygen atoms in total. The summed E-state index contributed by atoms with van der Waals surface area (Å²) in [5.41, 5.74) is 2.16. The summed E-state index contributed by atoms with van der Waals surface area (Å²) < 4.78 is 0. The standard InChI is InChI=1S/C20H21N3O3/c1-2-22-12-13-23(20(26)19(22)25)14-15-8-10-16(11-9-15)18(24)21-17-6-4-3-5-7-17/h3-11H,2,12-14H2,1H3,(H,21,24). The fourth-order valence-electron chi connectivity index (χ4n) is 2.87. The lowest BCUT2D eigenvalue weighted by molar-refractivity contribution is -0.156. The zero-order chi connectivity index (χ0) is 18.5. The molecule has 0 saturated carbocycles. The highest BCUT2D eigenvalue weighted by Crippen LogP contribution is 2.13. The van der Waals surface area contributed by atoms with Gasteiger partial charge in [-0.05, 0) is 36.8 Å². The average Bonchev–Trinajstić information content (AvgIpc) is 2.67. The molecule has 0 aliphatic carbocycles. The smallest absolute Gasteiger partial charge is 0.312 e. The van der Waals surface area contributed by atoms with Crippen LogP contribution >= 0.6 is 0 Å². The first kappa shape index (κ1) is 17.7. The zero-order valence-electron chi connectivity index (χ0n) is 14.6. The number of nitrogens with one attached hydrogen (secondary N) is 1. The molecule has 134 valence electrons. The van der Waals surface area contributed by atoms with E-state index in [4.69, 9.17) is 0 Å². The molecule has 1 fully saturated rings. The first-order valence-corrected chi connectivity index (χ1v) is 8.62. The van der Waals surface area contributed by atoms with E-state index < -0.39 is 11.8 Å². The molecule has 26 heavy (non-hydrogen) atoms. The molecular formula is C20H21N3O3. The molecule has 0 spiro atoms. The topological polar surface area (TPSA) is 69.7 Å². The van der Waals surface area contributed by atoms with Crippen molar-refractivity contribution in [3.05, 3.63) is 65.7 Å². The summed E-state index contributed by atoms with van der Waals surface area (Å²) in [6, 6.07) is 16.3. The van der Waals surface area contributed by atoms with Crippen molar-refractivity contribution in [3.63, 3.8) is 0 Å². The van der Waals surface area contributed by atoms with E-state index in [2.05, 4.69) is 5.32 Å². The number of carbonyl (C=O) groups excluding carboxylic acids is 3. The molecule has 0 bridgehead atoms. The highest BCUT2D eigenvalue weighted by Gasteiger charge is 2.31. The molecule has 0 unspecified atom stereocenters. The summed E-state index contributed by atoms with van der Waals surface area (Å²) in [7, 11) is 0.